The average molecular weight is 297 g/mol. The number of likely N-dealkylation sites (N-methyl/N-ethyl adjacent to an activating group) is 1. The van der Waals surface area contributed by atoms with Crippen LogP contribution in [0.5, 0.6) is 0 Å². The lowest BCUT2D eigenvalue weighted by Crippen LogP contribution is -2.51. The molecule has 4 unspecified atom stereocenters. The zero-order chi connectivity index (χ0) is 15.3. The van der Waals surface area contributed by atoms with E-state index in [0.29, 0.717) is 12.0 Å². The number of rotatable bonds is 7. The fraction of sp³-hybridized carbons (Fsp3) is 1.00. The zero-order valence-corrected chi connectivity index (χ0v) is 14.2. The van der Waals surface area contributed by atoms with Crippen LogP contribution >= 0.6 is 0 Å². The van der Waals surface area contributed by atoms with E-state index in [1.54, 1.807) is 0 Å². The van der Waals surface area contributed by atoms with Crippen LogP contribution in [0.3, 0.4) is 0 Å². The first kappa shape index (κ1) is 17.2. The van der Waals surface area contributed by atoms with Gasteiger partial charge in [0.25, 0.3) is 0 Å². The zero-order valence-electron chi connectivity index (χ0n) is 14.2. The lowest BCUT2D eigenvalue weighted by atomic mass is 9.81. The molecule has 0 heterocycles. The van der Waals surface area contributed by atoms with Gasteiger partial charge in [0.05, 0.1) is 12.7 Å². The van der Waals surface area contributed by atoms with Gasteiger partial charge in [-0.05, 0) is 62.8 Å². The van der Waals surface area contributed by atoms with Crippen molar-refractivity contribution in [1.82, 2.24) is 5.32 Å². The topological polar surface area (TPSA) is 41.5 Å². The molecule has 3 heteroatoms. The molecule has 0 aromatic carbocycles. The first-order chi connectivity index (χ1) is 10.1. The SMILES string of the molecule is CCNC1(CO)CCCC1CCOC1CC(C)CC(C)C1. The van der Waals surface area contributed by atoms with Gasteiger partial charge >= 0.3 is 0 Å². The van der Waals surface area contributed by atoms with Gasteiger partial charge in [-0.3, -0.25) is 0 Å². The molecule has 0 spiro atoms. The van der Waals surface area contributed by atoms with Gasteiger partial charge in [-0.1, -0.05) is 27.2 Å². The third-order valence-electron chi connectivity index (χ3n) is 5.72. The first-order valence-electron chi connectivity index (χ1n) is 9.07. The van der Waals surface area contributed by atoms with Crippen molar-refractivity contribution in [1.29, 1.82) is 0 Å². The van der Waals surface area contributed by atoms with Crippen molar-refractivity contribution in [3.05, 3.63) is 0 Å². The molecule has 21 heavy (non-hydrogen) atoms. The number of nitrogens with one attached hydrogen (secondary N) is 1. The molecule has 0 amide bonds. The Kier molecular flexibility index (Phi) is 6.51. The molecule has 2 aliphatic carbocycles. The molecule has 4 atom stereocenters. The largest absolute Gasteiger partial charge is 0.394 e. The highest BCUT2D eigenvalue weighted by atomic mass is 16.5. The second-order valence-corrected chi connectivity index (χ2v) is 7.63. The Morgan fingerprint density at radius 3 is 2.52 bits per heavy atom. The molecule has 2 aliphatic rings. The maximum Gasteiger partial charge on any atom is 0.0616 e. The minimum atomic E-state index is -0.0365. The van der Waals surface area contributed by atoms with E-state index >= 15 is 0 Å². The number of ether oxygens (including phenoxy) is 1. The Labute approximate surface area is 130 Å². The van der Waals surface area contributed by atoms with E-state index in [4.69, 9.17) is 4.74 Å². The number of hydrogen-bond acceptors (Lipinski definition) is 3. The van der Waals surface area contributed by atoms with Crippen LogP contribution in [-0.4, -0.2) is 36.5 Å². The van der Waals surface area contributed by atoms with E-state index in [-0.39, 0.29) is 12.1 Å². The highest BCUT2D eigenvalue weighted by molar-refractivity contribution is 4.98. The third kappa shape index (κ3) is 4.43. The van der Waals surface area contributed by atoms with Crippen LogP contribution in [0.1, 0.15) is 65.7 Å². The summed E-state index contributed by atoms with van der Waals surface area (Å²) in [7, 11) is 0. The van der Waals surface area contributed by atoms with Gasteiger partial charge in [0.2, 0.25) is 0 Å². The molecular weight excluding hydrogens is 262 g/mol. The van der Waals surface area contributed by atoms with Crippen molar-refractivity contribution in [2.75, 3.05) is 19.8 Å². The summed E-state index contributed by atoms with van der Waals surface area (Å²) in [5, 5.41) is 13.4. The molecule has 0 bridgehead atoms. The van der Waals surface area contributed by atoms with Crippen LogP contribution in [0.15, 0.2) is 0 Å². The van der Waals surface area contributed by atoms with Crippen molar-refractivity contribution >= 4 is 0 Å². The molecule has 2 rings (SSSR count). The summed E-state index contributed by atoms with van der Waals surface area (Å²) in [5.41, 5.74) is -0.0365. The van der Waals surface area contributed by atoms with E-state index in [1.807, 2.05) is 0 Å². The van der Waals surface area contributed by atoms with Crippen LogP contribution in [0.2, 0.25) is 0 Å². The molecule has 2 fully saturated rings. The van der Waals surface area contributed by atoms with Crippen LogP contribution < -0.4 is 5.32 Å². The second-order valence-electron chi connectivity index (χ2n) is 7.63. The third-order valence-corrected chi connectivity index (χ3v) is 5.72. The van der Waals surface area contributed by atoms with Gasteiger partial charge in [0.1, 0.15) is 0 Å². The molecule has 3 nitrogen and oxygen atoms in total. The van der Waals surface area contributed by atoms with Gasteiger partial charge in [0, 0.05) is 12.1 Å². The Morgan fingerprint density at radius 2 is 1.90 bits per heavy atom. The standard InChI is InChI=1S/C18H35NO2/c1-4-19-18(13-20)8-5-6-16(18)7-9-21-17-11-14(2)10-15(3)12-17/h14-17,19-20H,4-13H2,1-3H3. The lowest BCUT2D eigenvalue weighted by molar-refractivity contribution is -0.0105. The van der Waals surface area contributed by atoms with Crippen molar-refractivity contribution in [3.63, 3.8) is 0 Å². The maximum absolute atomic E-state index is 9.83. The summed E-state index contributed by atoms with van der Waals surface area (Å²) in [6, 6.07) is 0. The summed E-state index contributed by atoms with van der Waals surface area (Å²) in [4.78, 5) is 0. The summed E-state index contributed by atoms with van der Waals surface area (Å²) in [5.74, 6) is 2.19. The van der Waals surface area contributed by atoms with Gasteiger partial charge in [-0.25, -0.2) is 0 Å². The minimum absolute atomic E-state index is 0.0365. The van der Waals surface area contributed by atoms with Gasteiger partial charge in [0.15, 0.2) is 0 Å². The highest BCUT2D eigenvalue weighted by Crippen LogP contribution is 2.38. The molecule has 0 aromatic heterocycles. The number of aliphatic hydroxyl groups excluding tert-OH is 1. The molecular formula is C18H35NO2. The molecule has 2 saturated carbocycles. The predicted molar refractivity (Wildman–Crippen MR) is 87.4 cm³/mol. The predicted octanol–water partition coefficient (Wildman–Crippen LogP) is 3.36. The molecule has 124 valence electrons. The number of aliphatic hydroxyl groups is 1. The molecule has 0 radical (unpaired) electrons. The normalized spacial score (nSPS) is 40.6. The van der Waals surface area contributed by atoms with E-state index < -0.39 is 0 Å². The Balaban J connectivity index is 1.77. The van der Waals surface area contributed by atoms with Crippen LogP contribution in [-0.2, 0) is 4.74 Å². The molecule has 0 saturated heterocycles. The summed E-state index contributed by atoms with van der Waals surface area (Å²) in [6.07, 6.45) is 8.95. The van der Waals surface area contributed by atoms with Crippen LogP contribution in [0, 0.1) is 17.8 Å². The average Bonchev–Trinajstić information content (AvgIpc) is 2.82. The monoisotopic (exact) mass is 297 g/mol. The fourth-order valence-corrected chi connectivity index (χ4v) is 4.80. The van der Waals surface area contributed by atoms with E-state index in [9.17, 15) is 5.11 Å². The Bertz CT molecular complexity index is 300. The fourth-order valence-electron chi connectivity index (χ4n) is 4.80. The second kappa shape index (κ2) is 7.94. The van der Waals surface area contributed by atoms with Gasteiger partial charge < -0.3 is 15.2 Å². The van der Waals surface area contributed by atoms with Crippen molar-refractivity contribution in [3.8, 4) is 0 Å². The van der Waals surface area contributed by atoms with E-state index in [2.05, 4.69) is 26.1 Å². The molecule has 2 N–H and O–H groups in total. The highest BCUT2D eigenvalue weighted by Gasteiger charge is 2.41. The Hall–Kier alpha value is -0.120. The van der Waals surface area contributed by atoms with Crippen molar-refractivity contribution in [2.24, 2.45) is 17.8 Å². The smallest absolute Gasteiger partial charge is 0.0616 e. The Morgan fingerprint density at radius 1 is 1.19 bits per heavy atom. The van der Waals surface area contributed by atoms with Crippen molar-refractivity contribution in [2.45, 2.75) is 77.4 Å². The molecule has 0 aromatic rings. The quantitative estimate of drug-likeness (QED) is 0.757. The van der Waals surface area contributed by atoms with E-state index in [0.717, 1.165) is 37.8 Å². The number of hydrogen-bond donors (Lipinski definition) is 2. The molecule has 0 aliphatic heterocycles. The minimum Gasteiger partial charge on any atom is -0.394 e. The summed E-state index contributed by atoms with van der Waals surface area (Å²) < 4.78 is 6.19. The first-order valence-corrected chi connectivity index (χ1v) is 9.07. The lowest BCUT2D eigenvalue weighted by Gasteiger charge is -2.36. The van der Waals surface area contributed by atoms with E-state index in [1.165, 1.54) is 32.1 Å². The summed E-state index contributed by atoms with van der Waals surface area (Å²) >= 11 is 0. The van der Waals surface area contributed by atoms with Gasteiger partial charge in [-0.2, -0.15) is 0 Å². The van der Waals surface area contributed by atoms with Crippen LogP contribution in [0.4, 0.5) is 0 Å². The maximum atomic E-state index is 9.83. The van der Waals surface area contributed by atoms with Crippen LogP contribution in [0.25, 0.3) is 0 Å². The van der Waals surface area contributed by atoms with Crippen molar-refractivity contribution < 1.29 is 9.84 Å². The summed E-state index contributed by atoms with van der Waals surface area (Å²) in [6.45, 7) is 8.91. The van der Waals surface area contributed by atoms with Gasteiger partial charge in [-0.15, -0.1) is 0 Å².